The Kier molecular flexibility index (Phi) is 4.90. The molecule has 1 fully saturated rings. The van der Waals surface area contributed by atoms with E-state index in [4.69, 9.17) is 16.0 Å². The molecule has 1 amide bonds. The lowest BCUT2D eigenvalue weighted by molar-refractivity contribution is 0.0714. The van der Waals surface area contributed by atoms with E-state index >= 15 is 0 Å². The highest BCUT2D eigenvalue weighted by atomic mass is 35.5. The van der Waals surface area contributed by atoms with Crippen LogP contribution in [-0.4, -0.2) is 46.3 Å². The van der Waals surface area contributed by atoms with E-state index in [1.165, 1.54) is 17.8 Å². The third-order valence-corrected chi connectivity index (χ3v) is 5.37. The molecular formula is C18H17ClN4O2S. The molecule has 1 aliphatic heterocycles. The van der Waals surface area contributed by atoms with Crippen molar-refractivity contribution < 1.29 is 9.21 Å². The van der Waals surface area contributed by atoms with Gasteiger partial charge in [-0.3, -0.25) is 4.79 Å². The number of piperazine rings is 1. The van der Waals surface area contributed by atoms with Crippen LogP contribution in [0.15, 0.2) is 47.1 Å². The van der Waals surface area contributed by atoms with E-state index in [0.29, 0.717) is 25.3 Å². The Morgan fingerprint density at radius 2 is 1.92 bits per heavy atom. The average Bonchev–Trinajstić information content (AvgIpc) is 3.35. The van der Waals surface area contributed by atoms with Crippen LogP contribution in [0.2, 0.25) is 5.02 Å². The van der Waals surface area contributed by atoms with Gasteiger partial charge >= 0.3 is 0 Å². The predicted molar refractivity (Wildman–Crippen MR) is 101 cm³/mol. The van der Waals surface area contributed by atoms with Crippen LogP contribution in [0.3, 0.4) is 0 Å². The quantitative estimate of drug-likeness (QED) is 0.686. The first kappa shape index (κ1) is 17.1. The molecule has 0 aliphatic carbocycles. The lowest BCUT2D eigenvalue weighted by Gasteiger charge is -2.33. The van der Waals surface area contributed by atoms with E-state index in [1.54, 1.807) is 12.1 Å². The molecule has 0 atom stereocenters. The second kappa shape index (κ2) is 7.47. The Labute approximate surface area is 160 Å². The molecule has 3 heterocycles. The van der Waals surface area contributed by atoms with Gasteiger partial charge in [-0.15, -0.1) is 0 Å². The first-order valence-corrected chi connectivity index (χ1v) is 9.49. The molecular weight excluding hydrogens is 372 g/mol. The fourth-order valence-electron chi connectivity index (χ4n) is 2.89. The molecule has 0 radical (unpaired) electrons. The molecule has 8 heteroatoms. The number of benzene rings is 1. The molecule has 0 bridgehead atoms. The second-order valence-electron chi connectivity index (χ2n) is 6.05. The molecule has 2 aromatic heterocycles. The lowest BCUT2D eigenvalue weighted by Crippen LogP contribution is -2.48. The van der Waals surface area contributed by atoms with Gasteiger partial charge in [0.25, 0.3) is 5.91 Å². The summed E-state index contributed by atoms with van der Waals surface area (Å²) in [5.41, 5.74) is 1.13. The molecule has 3 aromatic rings. The van der Waals surface area contributed by atoms with E-state index in [2.05, 4.69) is 14.3 Å². The lowest BCUT2D eigenvalue weighted by atomic mass is 10.1. The van der Waals surface area contributed by atoms with Crippen molar-refractivity contribution in [3.05, 3.63) is 64.8 Å². The molecule has 1 saturated heterocycles. The van der Waals surface area contributed by atoms with E-state index in [-0.39, 0.29) is 5.91 Å². The number of nitrogens with zero attached hydrogens (tertiary/aromatic N) is 4. The maximum absolute atomic E-state index is 12.3. The van der Waals surface area contributed by atoms with Crippen LogP contribution in [0.1, 0.15) is 21.9 Å². The van der Waals surface area contributed by atoms with Crippen LogP contribution in [-0.2, 0) is 6.42 Å². The summed E-state index contributed by atoms with van der Waals surface area (Å²) in [6.07, 6.45) is 2.21. The fraction of sp³-hybridized carbons (Fsp3) is 0.278. The zero-order valence-corrected chi connectivity index (χ0v) is 15.5. The number of halogens is 1. The number of anilines is 1. The van der Waals surface area contributed by atoms with Crippen LogP contribution in [0.25, 0.3) is 0 Å². The number of hydrogen-bond acceptors (Lipinski definition) is 6. The van der Waals surface area contributed by atoms with Gasteiger partial charge in [-0.1, -0.05) is 23.7 Å². The number of hydrogen-bond donors (Lipinski definition) is 0. The Morgan fingerprint density at radius 1 is 1.15 bits per heavy atom. The smallest absolute Gasteiger partial charge is 0.289 e. The molecule has 4 rings (SSSR count). The Balaban J connectivity index is 1.35. The van der Waals surface area contributed by atoms with Gasteiger partial charge in [0, 0.05) is 49.2 Å². The van der Waals surface area contributed by atoms with Crippen LogP contribution in [0.4, 0.5) is 5.13 Å². The van der Waals surface area contributed by atoms with Crippen molar-refractivity contribution in [3.8, 4) is 0 Å². The highest BCUT2D eigenvalue weighted by molar-refractivity contribution is 7.09. The number of amides is 1. The Hall–Kier alpha value is -2.38. The zero-order valence-electron chi connectivity index (χ0n) is 14.0. The van der Waals surface area contributed by atoms with Crippen molar-refractivity contribution in [2.75, 3.05) is 31.1 Å². The summed E-state index contributed by atoms with van der Waals surface area (Å²) in [6.45, 7) is 2.77. The summed E-state index contributed by atoms with van der Waals surface area (Å²) in [5.74, 6) is 1.14. The van der Waals surface area contributed by atoms with Gasteiger partial charge < -0.3 is 14.2 Å². The first-order valence-electron chi connectivity index (χ1n) is 8.34. The standard InChI is InChI=1S/C18H17ClN4O2S/c19-14-5-3-13(4-6-14)12-16-20-18(26-21-16)23-9-7-22(8-10-23)17(24)15-2-1-11-25-15/h1-6,11H,7-10,12H2. The van der Waals surface area contributed by atoms with Gasteiger partial charge in [-0.05, 0) is 29.8 Å². The van der Waals surface area contributed by atoms with Gasteiger partial charge in [-0.25, -0.2) is 4.98 Å². The minimum atomic E-state index is -0.0599. The highest BCUT2D eigenvalue weighted by Gasteiger charge is 2.25. The molecule has 134 valence electrons. The number of furan rings is 1. The van der Waals surface area contributed by atoms with Crippen molar-refractivity contribution in [1.82, 2.24) is 14.3 Å². The summed E-state index contributed by atoms with van der Waals surface area (Å²) in [4.78, 5) is 21.0. The zero-order chi connectivity index (χ0) is 17.9. The SMILES string of the molecule is O=C(c1ccco1)N1CCN(c2nc(Cc3ccc(Cl)cc3)ns2)CC1. The summed E-state index contributed by atoms with van der Waals surface area (Å²) < 4.78 is 9.66. The van der Waals surface area contributed by atoms with Crippen LogP contribution in [0, 0.1) is 0 Å². The van der Waals surface area contributed by atoms with Gasteiger partial charge in [0.2, 0.25) is 5.13 Å². The third-order valence-electron chi connectivity index (χ3n) is 4.30. The van der Waals surface area contributed by atoms with Crippen molar-refractivity contribution in [2.24, 2.45) is 0 Å². The van der Waals surface area contributed by atoms with Crippen LogP contribution in [0.5, 0.6) is 0 Å². The van der Waals surface area contributed by atoms with Gasteiger partial charge in [0.05, 0.1) is 6.26 Å². The molecule has 0 N–H and O–H groups in total. The molecule has 6 nitrogen and oxygen atoms in total. The second-order valence-corrected chi connectivity index (χ2v) is 7.22. The maximum Gasteiger partial charge on any atom is 0.289 e. The van der Waals surface area contributed by atoms with Crippen molar-refractivity contribution in [1.29, 1.82) is 0 Å². The molecule has 0 spiro atoms. The summed E-state index contributed by atoms with van der Waals surface area (Å²) >= 11 is 7.32. The van der Waals surface area contributed by atoms with Crippen LogP contribution < -0.4 is 4.90 Å². The van der Waals surface area contributed by atoms with Crippen molar-refractivity contribution in [3.63, 3.8) is 0 Å². The van der Waals surface area contributed by atoms with E-state index < -0.39 is 0 Å². The van der Waals surface area contributed by atoms with E-state index in [1.807, 2.05) is 29.2 Å². The van der Waals surface area contributed by atoms with Gasteiger partial charge in [0.1, 0.15) is 5.82 Å². The average molecular weight is 389 g/mol. The summed E-state index contributed by atoms with van der Waals surface area (Å²) in [5, 5.41) is 1.63. The van der Waals surface area contributed by atoms with Crippen molar-refractivity contribution in [2.45, 2.75) is 6.42 Å². The maximum atomic E-state index is 12.3. The van der Waals surface area contributed by atoms with Crippen LogP contribution >= 0.6 is 23.1 Å². The largest absolute Gasteiger partial charge is 0.459 e. The fourth-order valence-corrected chi connectivity index (χ4v) is 3.75. The molecule has 0 saturated carbocycles. The third kappa shape index (κ3) is 3.73. The minimum Gasteiger partial charge on any atom is -0.459 e. The molecule has 1 aliphatic rings. The highest BCUT2D eigenvalue weighted by Crippen LogP contribution is 2.21. The molecule has 26 heavy (non-hydrogen) atoms. The van der Waals surface area contributed by atoms with Gasteiger partial charge in [0.15, 0.2) is 5.76 Å². The number of carbonyl (C=O) groups excluding carboxylic acids is 1. The number of carbonyl (C=O) groups is 1. The predicted octanol–water partition coefficient (Wildman–Crippen LogP) is 3.34. The number of rotatable bonds is 4. The number of aromatic nitrogens is 2. The van der Waals surface area contributed by atoms with Crippen molar-refractivity contribution >= 4 is 34.2 Å². The summed E-state index contributed by atoms with van der Waals surface area (Å²) in [6, 6.07) is 11.2. The minimum absolute atomic E-state index is 0.0599. The normalized spacial score (nSPS) is 14.7. The first-order chi connectivity index (χ1) is 12.7. The van der Waals surface area contributed by atoms with Gasteiger partial charge in [-0.2, -0.15) is 4.37 Å². The van der Waals surface area contributed by atoms with E-state index in [9.17, 15) is 4.79 Å². The topological polar surface area (TPSA) is 62.5 Å². The Morgan fingerprint density at radius 3 is 2.62 bits per heavy atom. The summed E-state index contributed by atoms with van der Waals surface area (Å²) in [7, 11) is 0. The van der Waals surface area contributed by atoms with E-state index in [0.717, 1.165) is 34.6 Å². The molecule has 1 aromatic carbocycles. The monoisotopic (exact) mass is 388 g/mol. The Bertz CT molecular complexity index is 871. The molecule has 0 unspecified atom stereocenters.